The number of aryl methyl sites for hydroxylation is 2. The summed E-state index contributed by atoms with van der Waals surface area (Å²) in [6, 6.07) is 6.42. The van der Waals surface area contributed by atoms with E-state index in [-0.39, 0.29) is 29.5 Å². The SMILES string of the molecule is COc1cc2c(c(OC)c1OC)-c1ccc(NCC(=O)Nc3nc(C)cs3)c(=O)cc1C(NC(C)=O)CC2. The van der Waals surface area contributed by atoms with Gasteiger partial charge < -0.3 is 30.2 Å². The maximum atomic E-state index is 13.3. The summed E-state index contributed by atoms with van der Waals surface area (Å²) in [6.07, 6.45) is 1.16. The van der Waals surface area contributed by atoms with Crippen LogP contribution in [-0.4, -0.2) is 44.7 Å². The fraction of sp³-hybridized carbons (Fsp3) is 0.333. The van der Waals surface area contributed by atoms with Gasteiger partial charge in [0.2, 0.25) is 23.0 Å². The molecular weight excluding hydrogens is 508 g/mol. The van der Waals surface area contributed by atoms with Crippen LogP contribution < -0.4 is 35.6 Å². The largest absolute Gasteiger partial charge is 0.493 e. The normalized spacial score (nSPS) is 13.9. The molecule has 1 aliphatic carbocycles. The monoisotopic (exact) mass is 538 g/mol. The highest BCUT2D eigenvalue weighted by Crippen LogP contribution is 2.50. The first-order valence-electron chi connectivity index (χ1n) is 12.0. The van der Waals surface area contributed by atoms with Crippen molar-refractivity contribution in [2.75, 3.05) is 38.5 Å². The van der Waals surface area contributed by atoms with Crippen LogP contribution in [0.25, 0.3) is 11.1 Å². The van der Waals surface area contributed by atoms with Gasteiger partial charge in [0.05, 0.1) is 45.3 Å². The van der Waals surface area contributed by atoms with Crippen molar-refractivity contribution in [1.82, 2.24) is 10.3 Å². The number of rotatable bonds is 8. The van der Waals surface area contributed by atoms with Gasteiger partial charge in [-0.15, -0.1) is 11.3 Å². The number of methoxy groups -OCH3 is 3. The van der Waals surface area contributed by atoms with Crippen LogP contribution in [0.5, 0.6) is 17.2 Å². The zero-order valence-corrected chi connectivity index (χ0v) is 22.7. The lowest BCUT2D eigenvalue weighted by molar-refractivity contribution is -0.119. The fourth-order valence-corrected chi connectivity index (χ4v) is 5.31. The zero-order valence-electron chi connectivity index (χ0n) is 21.9. The van der Waals surface area contributed by atoms with Gasteiger partial charge >= 0.3 is 0 Å². The lowest BCUT2D eigenvalue weighted by Crippen LogP contribution is -2.27. The Hall–Kier alpha value is -4.12. The summed E-state index contributed by atoms with van der Waals surface area (Å²) in [5.41, 5.74) is 3.78. The average Bonchev–Trinajstić information content (AvgIpc) is 3.15. The van der Waals surface area contributed by atoms with Gasteiger partial charge in [-0.1, -0.05) is 6.07 Å². The van der Waals surface area contributed by atoms with Crippen molar-refractivity contribution in [1.29, 1.82) is 0 Å². The van der Waals surface area contributed by atoms with E-state index >= 15 is 0 Å². The number of carbonyl (C=O) groups is 2. The van der Waals surface area contributed by atoms with E-state index in [0.717, 1.165) is 16.8 Å². The van der Waals surface area contributed by atoms with Crippen LogP contribution in [0.15, 0.2) is 34.4 Å². The molecule has 1 aromatic heterocycles. The molecule has 2 amide bonds. The Morgan fingerprint density at radius 1 is 1.11 bits per heavy atom. The molecule has 3 N–H and O–H groups in total. The number of hydrogen-bond donors (Lipinski definition) is 3. The van der Waals surface area contributed by atoms with E-state index < -0.39 is 6.04 Å². The van der Waals surface area contributed by atoms with Gasteiger partial charge in [-0.3, -0.25) is 14.4 Å². The maximum Gasteiger partial charge on any atom is 0.245 e. The summed E-state index contributed by atoms with van der Waals surface area (Å²) in [7, 11) is 4.64. The quantitative estimate of drug-likeness (QED) is 0.396. The molecule has 38 heavy (non-hydrogen) atoms. The van der Waals surface area contributed by atoms with Gasteiger partial charge in [0.25, 0.3) is 0 Å². The summed E-state index contributed by atoms with van der Waals surface area (Å²) < 4.78 is 16.9. The number of thiazole rings is 1. The highest BCUT2D eigenvalue weighted by atomic mass is 32.1. The smallest absolute Gasteiger partial charge is 0.245 e. The van der Waals surface area contributed by atoms with Crippen molar-refractivity contribution in [2.45, 2.75) is 32.7 Å². The number of nitrogens with one attached hydrogen (secondary N) is 3. The number of nitrogens with zero attached hydrogens (tertiary/aromatic N) is 1. The third kappa shape index (κ3) is 5.57. The molecule has 1 atom stereocenters. The molecule has 0 saturated carbocycles. The van der Waals surface area contributed by atoms with Crippen molar-refractivity contribution in [2.24, 2.45) is 0 Å². The molecule has 0 spiro atoms. The molecule has 0 aliphatic heterocycles. The van der Waals surface area contributed by atoms with Crippen molar-refractivity contribution >= 4 is 34.0 Å². The molecule has 10 nitrogen and oxygen atoms in total. The van der Waals surface area contributed by atoms with E-state index in [0.29, 0.717) is 46.3 Å². The minimum absolute atomic E-state index is 0.122. The molecule has 2 aromatic carbocycles. The first-order valence-corrected chi connectivity index (χ1v) is 12.9. The first kappa shape index (κ1) is 26.9. The van der Waals surface area contributed by atoms with E-state index in [9.17, 15) is 14.4 Å². The standard InChI is InChI=1S/C27H30N4O6S/c1-14-13-38-27(29-14)31-23(34)12-28-20-9-7-17-18(11-21(20)33)19(30-15(2)32)8-6-16-10-22(35-3)25(36-4)26(37-5)24(16)17/h7,9-11,13,19H,6,8,12H2,1-5H3,(H,28,33)(H,30,32)(H,29,31,34). The average molecular weight is 539 g/mol. The summed E-state index contributed by atoms with van der Waals surface area (Å²) >= 11 is 1.33. The maximum absolute atomic E-state index is 13.3. The molecule has 0 bridgehead atoms. The number of hydrogen-bond acceptors (Lipinski definition) is 9. The zero-order chi connectivity index (χ0) is 27.4. The minimum atomic E-state index is -0.416. The van der Waals surface area contributed by atoms with E-state index in [1.54, 1.807) is 26.4 Å². The van der Waals surface area contributed by atoms with Crippen LogP contribution in [0.2, 0.25) is 0 Å². The minimum Gasteiger partial charge on any atom is -0.493 e. The lowest BCUT2D eigenvalue weighted by atomic mass is 9.95. The summed E-state index contributed by atoms with van der Waals surface area (Å²) in [5.74, 6) is 0.889. The Balaban J connectivity index is 1.79. The number of ether oxygens (including phenoxy) is 3. The van der Waals surface area contributed by atoms with Crippen molar-refractivity contribution in [3.05, 3.63) is 56.7 Å². The number of fused-ring (bicyclic) bond motifs is 3. The van der Waals surface area contributed by atoms with Gasteiger partial charge in [-0.2, -0.15) is 0 Å². The Kier molecular flexibility index (Phi) is 8.16. The molecule has 0 saturated heterocycles. The molecular formula is C27H30N4O6S. The lowest BCUT2D eigenvalue weighted by Gasteiger charge is -2.19. The molecule has 1 aliphatic rings. The molecule has 4 rings (SSSR count). The molecule has 11 heteroatoms. The number of benzene rings is 1. The molecule has 3 aromatic rings. The summed E-state index contributed by atoms with van der Waals surface area (Å²) in [6.45, 7) is 3.17. The second-order valence-electron chi connectivity index (χ2n) is 8.79. The predicted molar refractivity (Wildman–Crippen MR) is 147 cm³/mol. The van der Waals surface area contributed by atoms with Gasteiger partial charge in [0, 0.05) is 17.9 Å². The number of amides is 2. The Morgan fingerprint density at radius 2 is 1.87 bits per heavy atom. The van der Waals surface area contributed by atoms with Crippen molar-refractivity contribution in [3.63, 3.8) is 0 Å². The Morgan fingerprint density at radius 3 is 2.50 bits per heavy atom. The molecule has 0 fully saturated rings. The summed E-state index contributed by atoms with van der Waals surface area (Å²) in [4.78, 5) is 42.0. The fourth-order valence-electron chi connectivity index (χ4n) is 4.60. The molecule has 0 radical (unpaired) electrons. The second-order valence-corrected chi connectivity index (χ2v) is 9.65. The highest BCUT2D eigenvalue weighted by molar-refractivity contribution is 7.13. The first-order chi connectivity index (χ1) is 18.2. The Labute approximate surface area is 224 Å². The predicted octanol–water partition coefficient (Wildman–Crippen LogP) is 3.68. The van der Waals surface area contributed by atoms with Crippen LogP contribution in [0.1, 0.15) is 36.2 Å². The van der Waals surface area contributed by atoms with Gasteiger partial charge in [0.15, 0.2) is 16.6 Å². The van der Waals surface area contributed by atoms with Crippen LogP contribution in [0.4, 0.5) is 10.8 Å². The second kappa shape index (κ2) is 11.5. The van der Waals surface area contributed by atoms with E-state index in [1.807, 2.05) is 18.4 Å². The van der Waals surface area contributed by atoms with Crippen LogP contribution in [-0.2, 0) is 16.0 Å². The van der Waals surface area contributed by atoms with Crippen LogP contribution in [0.3, 0.4) is 0 Å². The third-order valence-electron chi connectivity index (χ3n) is 6.22. The van der Waals surface area contributed by atoms with Crippen molar-refractivity contribution < 1.29 is 23.8 Å². The highest BCUT2D eigenvalue weighted by Gasteiger charge is 2.29. The number of carbonyl (C=O) groups excluding carboxylic acids is 2. The number of aromatic nitrogens is 1. The van der Waals surface area contributed by atoms with Gasteiger partial charge in [0.1, 0.15) is 0 Å². The van der Waals surface area contributed by atoms with E-state index in [4.69, 9.17) is 14.2 Å². The molecule has 1 heterocycles. The third-order valence-corrected chi connectivity index (χ3v) is 7.10. The van der Waals surface area contributed by atoms with Crippen molar-refractivity contribution in [3.8, 4) is 28.4 Å². The Bertz CT molecular complexity index is 1440. The van der Waals surface area contributed by atoms with Crippen LogP contribution in [0, 0.1) is 6.92 Å². The summed E-state index contributed by atoms with van der Waals surface area (Å²) in [5, 5.41) is 11.0. The molecule has 200 valence electrons. The number of anilines is 2. The van der Waals surface area contributed by atoms with E-state index in [1.165, 1.54) is 31.4 Å². The van der Waals surface area contributed by atoms with Crippen LogP contribution >= 0.6 is 11.3 Å². The van der Waals surface area contributed by atoms with E-state index in [2.05, 4.69) is 20.9 Å². The topological polar surface area (TPSA) is 128 Å². The van der Waals surface area contributed by atoms with Gasteiger partial charge in [-0.25, -0.2) is 4.98 Å². The molecule has 1 unspecified atom stereocenters. The van der Waals surface area contributed by atoms with Gasteiger partial charge in [-0.05, 0) is 54.7 Å².